The first-order valence-corrected chi connectivity index (χ1v) is 9.47. The molecule has 0 aliphatic carbocycles. The van der Waals surface area contributed by atoms with Crippen LogP contribution in [0.3, 0.4) is 0 Å². The van der Waals surface area contributed by atoms with E-state index in [0.29, 0.717) is 29.7 Å². The van der Waals surface area contributed by atoms with Gasteiger partial charge in [-0.2, -0.15) is 0 Å². The van der Waals surface area contributed by atoms with E-state index in [4.69, 9.17) is 14.2 Å². The normalized spacial score (nSPS) is 20.4. The van der Waals surface area contributed by atoms with Crippen molar-refractivity contribution in [2.24, 2.45) is 0 Å². The van der Waals surface area contributed by atoms with Gasteiger partial charge >= 0.3 is 0 Å². The van der Waals surface area contributed by atoms with Gasteiger partial charge in [-0.05, 0) is 56.5 Å². The first-order valence-electron chi connectivity index (χ1n) is 9.47. The van der Waals surface area contributed by atoms with Crippen LogP contribution < -0.4 is 14.2 Å². The van der Waals surface area contributed by atoms with Crippen molar-refractivity contribution < 1.29 is 19.0 Å². The average Bonchev–Trinajstić information content (AvgIpc) is 3.33. The van der Waals surface area contributed by atoms with Crippen molar-refractivity contribution in [1.29, 1.82) is 0 Å². The highest BCUT2D eigenvalue weighted by atomic mass is 16.5. The van der Waals surface area contributed by atoms with Crippen molar-refractivity contribution in [2.75, 3.05) is 47.5 Å². The van der Waals surface area contributed by atoms with Crippen LogP contribution in [-0.4, -0.2) is 69.3 Å². The van der Waals surface area contributed by atoms with Gasteiger partial charge in [0.05, 0.1) is 27.8 Å². The van der Waals surface area contributed by atoms with Crippen molar-refractivity contribution >= 4 is 5.91 Å². The van der Waals surface area contributed by atoms with Crippen LogP contribution in [0.15, 0.2) is 12.1 Å². The Labute approximate surface area is 156 Å². The van der Waals surface area contributed by atoms with Crippen LogP contribution in [0.1, 0.15) is 31.2 Å². The first kappa shape index (κ1) is 18.8. The van der Waals surface area contributed by atoms with E-state index in [-0.39, 0.29) is 5.91 Å². The second kappa shape index (κ2) is 8.62. The lowest BCUT2D eigenvalue weighted by Gasteiger charge is -2.28. The average molecular weight is 362 g/mol. The Morgan fingerprint density at radius 1 is 1.00 bits per heavy atom. The van der Waals surface area contributed by atoms with Crippen molar-refractivity contribution in [3.63, 3.8) is 0 Å². The number of hydrogen-bond acceptors (Lipinski definition) is 5. The fraction of sp³-hybridized carbons (Fsp3) is 0.650. The minimum atomic E-state index is 0.181. The summed E-state index contributed by atoms with van der Waals surface area (Å²) in [4.78, 5) is 17.5. The maximum absolute atomic E-state index is 12.9. The SMILES string of the molecule is COc1cc(CC(=O)N2CCCC2CN2CCCC2)cc(OC)c1OC. The van der Waals surface area contributed by atoms with E-state index in [1.807, 2.05) is 12.1 Å². The van der Waals surface area contributed by atoms with Gasteiger partial charge in [0.25, 0.3) is 0 Å². The summed E-state index contributed by atoms with van der Waals surface area (Å²) in [5, 5.41) is 0. The molecule has 0 saturated carbocycles. The summed E-state index contributed by atoms with van der Waals surface area (Å²) < 4.78 is 16.2. The molecule has 2 heterocycles. The molecule has 2 aliphatic rings. The molecule has 1 aromatic rings. The Morgan fingerprint density at radius 3 is 2.23 bits per heavy atom. The van der Waals surface area contributed by atoms with Crippen LogP contribution in [0, 0.1) is 0 Å². The fourth-order valence-corrected chi connectivity index (χ4v) is 4.13. The molecule has 1 atom stereocenters. The van der Waals surface area contributed by atoms with Gasteiger partial charge in [-0.15, -0.1) is 0 Å². The van der Waals surface area contributed by atoms with E-state index in [1.165, 1.54) is 25.9 Å². The standard InChI is InChI=1S/C20H30N2O4/c1-24-17-11-15(12-18(25-2)20(17)26-3)13-19(23)22-10-6-7-16(22)14-21-8-4-5-9-21/h11-12,16H,4-10,13-14H2,1-3H3. The molecule has 0 bridgehead atoms. The Balaban J connectivity index is 1.70. The highest BCUT2D eigenvalue weighted by Crippen LogP contribution is 2.38. The number of rotatable bonds is 7. The van der Waals surface area contributed by atoms with Crippen LogP contribution in [0.25, 0.3) is 0 Å². The Morgan fingerprint density at radius 2 is 1.65 bits per heavy atom. The maximum Gasteiger partial charge on any atom is 0.227 e. The molecule has 0 radical (unpaired) electrons. The molecule has 1 aromatic carbocycles. The zero-order valence-electron chi connectivity index (χ0n) is 16.1. The second-order valence-electron chi connectivity index (χ2n) is 7.10. The van der Waals surface area contributed by atoms with Gasteiger partial charge in [-0.25, -0.2) is 0 Å². The molecule has 3 rings (SSSR count). The molecular weight excluding hydrogens is 332 g/mol. The second-order valence-corrected chi connectivity index (χ2v) is 7.10. The molecule has 6 heteroatoms. The first-order chi connectivity index (χ1) is 12.7. The lowest BCUT2D eigenvalue weighted by Crippen LogP contribution is -2.43. The van der Waals surface area contributed by atoms with Gasteiger partial charge in [0, 0.05) is 19.1 Å². The minimum absolute atomic E-state index is 0.181. The Kier molecular flexibility index (Phi) is 6.25. The van der Waals surface area contributed by atoms with E-state index in [0.717, 1.165) is 31.5 Å². The molecule has 26 heavy (non-hydrogen) atoms. The predicted octanol–water partition coefficient (Wildman–Crippen LogP) is 2.34. The summed E-state index contributed by atoms with van der Waals surface area (Å²) in [6.07, 6.45) is 5.13. The van der Waals surface area contributed by atoms with E-state index in [9.17, 15) is 4.79 Å². The summed E-state index contributed by atoms with van der Waals surface area (Å²) >= 11 is 0. The lowest BCUT2D eigenvalue weighted by molar-refractivity contribution is -0.131. The molecule has 1 unspecified atom stereocenters. The third-order valence-corrected chi connectivity index (χ3v) is 5.44. The van der Waals surface area contributed by atoms with Crippen LogP contribution >= 0.6 is 0 Å². The Hall–Kier alpha value is -1.95. The number of nitrogens with zero attached hydrogens (tertiary/aromatic N) is 2. The van der Waals surface area contributed by atoms with E-state index in [1.54, 1.807) is 21.3 Å². The van der Waals surface area contributed by atoms with Crippen LogP contribution in [-0.2, 0) is 11.2 Å². The summed E-state index contributed by atoms with van der Waals surface area (Å²) in [5.74, 6) is 1.91. The van der Waals surface area contributed by atoms with Crippen LogP contribution in [0.5, 0.6) is 17.2 Å². The number of carbonyl (C=O) groups is 1. The van der Waals surface area contributed by atoms with E-state index >= 15 is 0 Å². The third-order valence-electron chi connectivity index (χ3n) is 5.44. The highest BCUT2D eigenvalue weighted by Gasteiger charge is 2.31. The van der Waals surface area contributed by atoms with Gasteiger partial charge in [0.2, 0.25) is 11.7 Å². The monoisotopic (exact) mass is 362 g/mol. The van der Waals surface area contributed by atoms with Crippen LogP contribution in [0.4, 0.5) is 0 Å². The molecule has 2 fully saturated rings. The molecule has 6 nitrogen and oxygen atoms in total. The molecule has 1 amide bonds. The number of methoxy groups -OCH3 is 3. The third kappa shape index (κ3) is 4.06. The fourth-order valence-electron chi connectivity index (χ4n) is 4.13. The lowest BCUT2D eigenvalue weighted by atomic mass is 10.1. The van der Waals surface area contributed by atoms with E-state index in [2.05, 4.69) is 9.80 Å². The molecular formula is C20H30N2O4. The van der Waals surface area contributed by atoms with E-state index < -0.39 is 0 Å². The molecule has 2 saturated heterocycles. The largest absolute Gasteiger partial charge is 0.493 e. The number of hydrogen-bond donors (Lipinski definition) is 0. The van der Waals surface area contributed by atoms with Gasteiger partial charge in [0.1, 0.15) is 0 Å². The quantitative estimate of drug-likeness (QED) is 0.745. The van der Waals surface area contributed by atoms with Crippen LogP contribution in [0.2, 0.25) is 0 Å². The van der Waals surface area contributed by atoms with Crippen molar-refractivity contribution in [3.8, 4) is 17.2 Å². The smallest absolute Gasteiger partial charge is 0.227 e. The van der Waals surface area contributed by atoms with Gasteiger partial charge in [-0.1, -0.05) is 0 Å². The summed E-state index contributed by atoms with van der Waals surface area (Å²) in [7, 11) is 4.77. The van der Waals surface area contributed by atoms with Gasteiger partial charge in [0.15, 0.2) is 11.5 Å². The minimum Gasteiger partial charge on any atom is -0.493 e. The van der Waals surface area contributed by atoms with Crippen molar-refractivity contribution in [2.45, 2.75) is 38.1 Å². The summed E-state index contributed by atoms with van der Waals surface area (Å²) in [5.41, 5.74) is 0.885. The van der Waals surface area contributed by atoms with Gasteiger partial charge in [-0.3, -0.25) is 4.79 Å². The Bertz CT molecular complexity index is 603. The molecule has 144 valence electrons. The topological polar surface area (TPSA) is 51.2 Å². The number of carbonyl (C=O) groups excluding carboxylic acids is 1. The summed E-state index contributed by atoms with van der Waals surface area (Å²) in [6, 6.07) is 4.08. The zero-order valence-corrected chi connectivity index (χ0v) is 16.1. The summed E-state index contributed by atoms with van der Waals surface area (Å²) in [6.45, 7) is 4.22. The van der Waals surface area contributed by atoms with Crippen molar-refractivity contribution in [3.05, 3.63) is 17.7 Å². The molecule has 0 spiro atoms. The number of amides is 1. The maximum atomic E-state index is 12.9. The number of ether oxygens (including phenoxy) is 3. The van der Waals surface area contributed by atoms with Crippen molar-refractivity contribution in [1.82, 2.24) is 9.80 Å². The molecule has 0 N–H and O–H groups in total. The van der Waals surface area contributed by atoms with Gasteiger partial charge < -0.3 is 24.0 Å². The number of benzene rings is 1. The molecule has 2 aliphatic heterocycles. The zero-order chi connectivity index (χ0) is 18.5. The molecule has 0 aromatic heterocycles. The predicted molar refractivity (Wildman–Crippen MR) is 100 cm³/mol. The number of likely N-dealkylation sites (tertiary alicyclic amines) is 2. The highest BCUT2D eigenvalue weighted by molar-refractivity contribution is 5.80.